The van der Waals surface area contributed by atoms with Gasteiger partial charge in [-0.3, -0.25) is 4.79 Å². The molecule has 26 heavy (non-hydrogen) atoms. The van der Waals surface area contributed by atoms with Crippen molar-refractivity contribution in [1.82, 2.24) is 9.97 Å². The van der Waals surface area contributed by atoms with E-state index in [2.05, 4.69) is 18.8 Å². The molecule has 3 rings (SSSR count). The highest BCUT2D eigenvalue weighted by Gasteiger charge is 2.46. The smallest absolute Gasteiger partial charge is 0.337 e. The van der Waals surface area contributed by atoms with Crippen LogP contribution in [-0.4, -0.2) is 33.4 Å². The van der Waals surface area contributed by atoms with Crippen LogP contribution in [0.5, 0.6) is 0 Å². The molecule has 2 heterocycles. The fourth-order valence-electron chi connectivity index (χ4n) is 3.21. The minimum atomic E-state index is -1.00. The molecule has 6 nitrogen and oxygen atoms in total. The Hall–Kier alpha value is -2.28. The zero-order valence-corrected chi connectivity index (χ0v) is 16.5. The number of aromatic carboxylic acids is 1. The summed E-state index contributed by atoms with van der Waals surface area (Å²) in [6.45, 7) is 10.7. The van der Waals surface area contributed by atoms with E-state index in [9.17, 15) is 9.59 Å². The molecule has 0 aromatic carbocycles. The minimum absolute atomic E-state index is 0.149. The lowest BCUT2D eigenvalue weighted by Gasteiger charge is -2.36. The number of aromatic nitrogens is 2. The zero-order valence-electron chi connectivity index (χ0n) is 15.7. The number of thiazole rings is 1. The van der Waals surface area contributed by atoms with Crippen LogP contribution in [0.3, 0.4) is 0 Å². The predicted octanol–water partition coefficient (Wildman–Crippen LogP) is 3.92. The SMILES string of the molecule is CCN(c1ccc(C(=O)O)cn1)c1nc2c(s1)C(C)(C)CC(=O)C2(C)C. The van der Waals surface area contributed by atoms with Crippen LogP contribution < -0.4 is 4.90 Å². The van der Waals surface area contributed by atoms with Gasteiger partial charge in [-0.25, -0.2) is 14.8 Å². The molecular formula is C19H23N3O3S. The van der Waals surface area contributed by atoms with Crippen molar-refractivity contribution in [3.05, 3.63) is 34.5 Å². The van der Waals surface area contributed by atoms with Crippen LogP contribution in [0, 0.1) is 0 Å². The Bertz CT molecular complexity index is 869. The van der Waals surface area contributed by atoms with Gasteiger partial charge in [0.15, 0.2) is 5.13 Å². The first-order valence-electron chi connectivity index (χ1n) is 8.60. The van der Waals surface area contributed by atoms with Crippen LogP contribution in [0.1, 0.15) is 62.0 Å². The van der Waals surface area contributed by atoms with Crippen molar-refractivity contribution in [2.75, 3.05) is 11.4 Å². The summed E-state index contributed by atoms with van der Waals surface area (Å²) in [7, 11) is 0. The molecule has 1 N–H and O–H groups in total. The minimum Gasteiger partial charge on any atom is -0.478 e. The number of carbonyl (C=O) groups is 2. The van der Waals surface area contributed by atoms with Gasteiger partial charge in [0.05, 0.1) is 16.7 Å². The number of rotatable bonds is 4. The number of nitrogens with zero attached hydrogens (tertiary/aromatic N) is 3. The van der Waals surface area contributed by atoms with E-state index in [-0.39, 0.29) is 16.8 Å². The summed E-state index contributed by atoms with van der Waals surface area (Å²) in [4.78, 5) is 35.8. The number of carboxylic acids is 1. The number of hydrogen-bond acceptors (Lipinski definition) is 6. The molecule has 0 saturated heterocycles. The van der Waals surface area contributed by atoms with Gasteiger partial charge in [0.25, 0.3) is 0 Å². The van der Waals surface area contributed by atoms with E-state index in [0.29, 0.717) is 18.8 Å². The molecule has 0 aliphatic heterocycles. The second-order valence-electron chi connectivity index (χ2n) is 7.74. The van der Waals surface area contributed by atoms with E-state index in [4.69, 9.17) is 10.1 Å². The van der Waals surface area contributed by atoms with E-state index >= 15 is 0 Å². The van der Waals surface area contributed by atoms with Gasteiger partial charge in [0.1, 0.15) is 11.6 Å². The summed E-state index contributed by atoms with van der Waals surface area (Å²) >= 11 is 1.59. The highest BCUT2D eigenvalue weighted by molar-refractivity contribution is 7.16. The summed E-state index contributed by atoms with van der Waals surface area (Å²) in [5, 5.41) is 9.82. The predicted molar refractivity (Wildman–Crippen MR) is 102 cm³/mol. The number of carbonyl (C=O) groups excluding carboxylic acids is 1. The first kappa shape index (κ1) is 18.5. The van der Waals surface area contributed by atoms with Crippen molar-refractivity contribution in [1.29, 1.82) is 0 Å². The molecule has 0 saturated carbocycles. The summed E-state index contributed by atoms with van der Waals surface area (Å²) in [6.07, 6.45) is 1.86. The van der Waals surface area contributed by atoms with E-state index in [1.807, 2.05) is 25.7 Å². The summed E-state index contributed by atoms with van der Waals surface area (Å²) in [5.74, 6) is -0.150. The third kappa shape index (κ3) is 2.90. The van der Waals surface area contributed by atoms with Crippen LogP contribution in [0.25, 0.3) is 0 Å². The molecule has 0 atom stereocenters. The third-order valence-corrected chi connectivity index (χ3v) is 6.38. The Balaban J connectivity index is 2.06. The van der Waals surface area contributed by atoms with Crippen LogP contribution in [0.2, 0.25) is 0 Å². The van der Waals surface area contributed by atoms with E-state index in [1.54, 1.807) is 17.4 Å². The molecular weight excluding hydrogens is 350 g/mol. The average Bonchev–Trinajstić information content (AvgIpc) is 3.02. The molecule has 1 aliphatic rings. The maximum absolute atomic E-state index is 12.6. The number of ketones is 1. The summed E-state index contributed by atoms with van der Waals surface area (Å²) in [6, 6.07) is 3.23. The van der Waals surface area contributed by atoms with Crippen molar-refractivity contribution in [3.63, 3.8) is 0 Å². The number of hydrogen-bond donors (Lipinski definition) is 1. The van der Waals surface area contributed by atoms with Gasteiger partial charge < -0.3 is 10.0 Å². The lowest BCUT2D eigenvalue weighted by Crippen LogP contribution is -2.41. The van der Waals surface area contributed by atoms with Crippen molar-refractivity contribution in [2.45, 2.75) is 51.9 Å². The van der Waals surface area contributed by atoms with Gasteiger partial charge in [-0.1, -0.05) is 13.8 Å². The summed E-state index contributed by atoms with van der Waals surface area (Å²) < 4.78 is 0. The van der Waals surface area contributed by atoms with Gasteiger partial charge in [0.2, 0.25) is 0 Å². The number of Topliss-reactive ketones (excluding diaryl/α,β-unsaturated/α-hetero) is 1. The van der Waals surface area contributed by atoms with Crippen molar-refractivity contribution in [3.8, 4) is 0 Å². The van der Waals surface area contributed by atoms with Crippen LogP contribution >= 0.6 is 11.3 Å². The second kappa shape index (κ2) is 6.16. The maximum Gasteiger partial charge on any atom is 0.337 e. The standard InChI is InChI=1S/C19H23N3O3S/c1-6-22(13-8-7-11(10-20-13)16(24)25)17-21-14-15(26-17)18(2,3)9-12(23)19(14,4)5/h7-8,10H,6,9H2,1-5H3,(H,24,25). The lowest BCUT2D eigenvalue weighted by atomic mass is 9.68. The Morgan fingerprint density at radius 1 is 1.31 bits per heavy atom. The van der Waals surface area contributed by atoms with Crippen molar-refractivity contribution >= 4 is 34.0 Å². The number of pyridine rings is 1. The van der Waals surface area contributed by atoms with Gasteiger partial charge in [-0.05, 0) is 32.9 Å². The van der Waals surface area contributed by atoms with Crippen LogP contribution in [0.4, 0.5) is 10.9 Å². The molecule has 0 radical (unpaired) electrons. The molecule has 0 spiro atoms. The molecule has 0 fully saturated rings. The Morgan fingerprint density at radius 2 is 2.00 bits per heavy atom. The van der Waals surface area contributed by atoms with Gasteiger partial charge in [-0.2, -0.15) is 0 Å². The number of carboxylic acid groups (broad SMARTS) is 1. The largest absolute Gasteiger partial charge is 0.478 e. The number of fused-ring (bicyclic) bond motifs is 1. The molecule has 1 aliphatic carbocycles. The first-order chi connectivity index (χ1) is 12.1. The lowest BCUT2D eigenvalue weighted by molar-refractivity contribution is -0.125. The Kier molecular flexibility index (Phi) is 4.38. The van der Waals surface area contributed by atoms with Crippen molar-refractivity contribution in [2.24, 2.45) is 0 Å². The Morgan fingerprint density at radius 3 is 2.54 bits per heavy atom. The third-order valence-electron chi connectivity index (χ3n) is 4.94. The quantitative estimate of drug-likeness (QED) is 0.874. The number of anilines is 2. The molecule has 7 heteroatoms. The molecule has 0 bridgehead atoms. The maximum atomic E-state index is 12.6. The van der Waals surface area contributed by atoms with E-state index in [1.165, 1.54) is 12.3 Å². The Labute approximate surface area is 156 Å². The first-order valence-corrected chi connectivity index (χ1v) is 9.41. The zero-order chi connectivity index (χ0) is 19.3. The molecule has 0 amide bonds. The average molecular weight is 373 g/mol. The van der Waals surface area contributed by atoms with E-state index in [0.717, 1.165) is 15.7 Å². The summed E-state index contributed by atoms with van der Waals surface area (Å²) in [5.41, 5.74) is 0.160. The molecule has 0 unspecified atom stereocenters. The molecule has 138 valence electrons. The molecule has 2 aromatic rings. The van der Waals surface area contributed by atoms with E-state index < -0.39 is 11.4 Å². The fraction of sp³-hybridized carbons (Fsp3) is 0.474. The second-order valence-corrected chi connectivity index (χ2v) is 8.72. The molecule has 2 aromatic heterocycles. The topological polar surface area (TPSA) is 83.4 Å². The van der Waals surface area contributed by atoms with Crippen LogP contribution in [-0.2, 0) is 15.6 Å². The highest BCUT2D eigenvalue weighted by atomic mass is 32.1. The fourth-order valence-corrected chi connectivity index (χ4v) is 4.61. The monoisotopic (exact) mass is 373 g/mol. The normalized spacial score (nSPS) is 17.7. The van der Waals surface area contributed by atoms with Gasteiger partial charge >= 0.3 is 5.97 Å². The van der Waals surface area contributed by atoms with Crippen molar-refractivity contribution < 1.29 is 14.7 Å². The highest BCUT2D eigenvalue weighted by Crippen LogP contribution is 2.48. The van der Waals surface area contributed by atoms with Crippen LogP contribution in [0.15, 0.2) is 18.3 Å². The van der Waals surface area contributed by atoms with Gasteiger partial charge in [0, 0.05) is 29.5 Å². The van der Waals surface area contributed by atoms with Gasteiger partial charge in [-0.15, -0.1) is 11.3 Å².